The highest BCUT2D eigenvalue weighted by atomic mass is 16.5. The molecule has 0 radical (unpaired) electrons. The van der Waals surface area contributed by atoms with E-state index in [1.807, 2.05) is 0 Å². The van der Waals surface area contributed by atoms with Gasteiger partial charge in [-0.05, 0) is 6.42 Å². The van der Waals surface area contributed by atoms with Crippen LogP contribution in [0.15, 0.2) is 6.20 Å². The van der Waals surface area contributed by atoms with Gasteiger partial charge >= 0.3 is 6.09 Å². The SMILES string of the molecule is CNc1nc(N2CCC(NC(=O)OC)C2)c2cn[nH]c2n1. The summed E-state index contributed by atoms with van der Waals surface area (Å²) in [5.74, 6) is 1.35. The largest absolute Gasteiger partial charge is 0.453 e. The second kappa shape index (κ2) is 5.43. The van der Waals surface area contributed by atoms with Gasteiger partial charge in [0.1, 0.15) is 5.82 Å². The van der Waals surface area contributed by atoms with Gasteiger partial charge in [-0.2, -0.15) is 15.1 Å². The number of H-pyrrole nitrogens is 1. The summed E-state index contributed by atoms with van der Waals surface area (Å²) in [5, 5.41) is 13.5. The lowest BCUT2D eigenvalue weighted by molar-refractivity contribution is 0.167. The molecular weight excluding hydrogens is 274 g/mol. The molecule has 3 N–H and O–H groups in total. The molecule has 3 heterocycles. The molecule has 0 saturated carbocycles. The van der Waals surface area contributed by atoms with Gasteiger partial charge in [0.25, 0.3) is 0 Å². The third-order valence-corrected chi connectivity index (χ3v) is 3.51. The Morgan fingerprint density at radius 3 is 3.14 bits per heavy atom. The summed E-state index contributed by atoms with van der Waals surface area (Å²) >= 11 is 0. The number of nitrogens with zero attached hydrogens (tertiary/aromatic N) is 4. The maximum Gasteiger partial charge on any atom is 0.407 e. The molecule has 1 saturated heterocycles. The van der Waals surface area contributed by atoms with E-state index < -0.39 is 6.09 Å². The number of methoxy groups -OCH3 is 1. The van der Waals surface area contributed by atoms with Gasteiger partial charge in [-0.25, -0.2) is 4.79 Å². The van der Waals surface area contributed by atoms with E-state index in [0.29, 0.717) is 18.1 Å². The van der Waals surface area contributed by atoms with Gasteiger partial charge in [0.2, 0.25) is 5.95 Å². The normalized spacial score (nSPS) is 18.0. The number of fused-ring (bicyclic) bond motifs is 1. The Morgan fingerprint density at radius 1 is 1.52 bits per heavy atom. The second-order valence-corrected chi connectivity index (χ2v) is 4.82. The third kappa shape index (κ3) is 2.54. The number of nitrogens with one attached hydrogen (secondary N) is 3. The van der Waals surface area contributed by atoms with Gasteiger partial charge < -0.3 is 20.3 Å². The van der Waals surface area contributed by atoms with Crippen molar-refractivity contribution in [3.05, 3.63) is 6.20 Å². The standard InChI is InChI=1S/C12H17N7O2/c1-13-11-16-9-8(5-14-18-9)10(17-11)19-4-3-7(6-19)15-12(20)21-2/h5,7H,3-4,6H2,1-2H3,(H,15,20)(H2,13,14,16,17,18). The molecule has 3 rings (SSSR count). The van der Waals surface area contributed by atoms with Crippen LogP contribution in [0.2, 0.25) is 0 Å². The van der Waals surface area contributed by atoms with E-state index in [2.05, 4.69) is 40.4 Å². The van der Waals surface area contributed by atoms with Crippen LogP contribution in [0.25, 0.3) is 11.0 Å². The highest BCUT2D eigenvalue weighted by molar-refractivity contribution is 5.87. The van der Waals surface area contributed by atoms with Gasteiger partial charge in [-0.1, -0.05) is 0 Å². The highest BCUT2D eigenvalue weighted by Crippen LogP contribution is 2.26. The molecule has 1 fully saturated rings. The van der Waals surface area contributed by atoms with Crippen molar-refractivity contribution in [1.29, 1.82) is 0 Å². The van der Waals surface area contributed by atoms with E-state index in [1.54, 1.807) is 13.2 Å². The van der Waals surface area contributed by atoms with Crippen molar-refractivity contribution in [2.45, 2.75) is 12.5 Å². The first-order valence-electron chi connectivity index (χ1n) is 6.69. The minimum atomic E-state index is -0.408. The molecule has 1 unspecified atom stereocenters. The van der Waals surface area contributed by atoms with Crippen LogP contribution in [0.5, 0.6) is 0 Å². The van der Waals surface area contributed by atoms with Crippen molar-refractivity contribution in [2.75, 3.05) is 37.5 Å². The molecule has 1 amide bonds. The van der Waals surface area contributed by atoms with Crippen molar-refractivity contribution in [3.63, 3.8) is 0 Å². The van der Waals surface area contributed by atoms with E-state index in [0.717, 1.165) is 24.2 Å². The summed E-state index contributed by atoms with van der Waals surface area (Å²) in [6.07, 6.45) is 2.15. The molecular formula is C12H17N7O2. The quantitative estimate of drug-likeness (QED) is 0.747. The van der Waals surface area contributed by atoms with Crippen LogP contribution in [0.4, 0.5) is 16.6 Å². The Balaban J connectivity index is 1.84. The number of carbonyl (C=O) groups is 1. The summed E-state index contributed by atoms with van der Waals surface area (Å²) in [6.45, 7) is 1.48. The Kier molecular flexibility index (Phi) is 3.46. The minimum Gasteiger partial charge on any atom is -0.453 e. The molecule has 9 nitrogen and oxygen atoms in total. The van der Waals surface area contributed by atoms with Gasteiger partial charge in [0.05, 0.1) is 24.7 Å². The maximum absolute atomic E-state index is 11.3. The number of anilines is 2. The van der Waals surface area contributed by atoms with Gasteiger partial charge in [-0.3, -0.25) is 5.10 Å². The average Bonchev–Trinajstić information content (AvgIpc) is 3.14. The van der Waals surface area contributed by atoms with Crippen molar-refractivity contribution < 1.29 is 9.53 Å². The van der Waals surface area contributed by atoms with Crippen LogP contribution in [-0.2, 0) is 4.74 Å². The van der Waals surface area contributed by atoms with Crippen LogP contribution in [0.3, 0.4) is 0 Å². The Morgan fingerprint density at radius 2 is 2.38 bits per heavy atom. The highest BCUT2D eigenvalue weighted by Gasteiger charge is 2.27. The fourth-order valence-corrected chi connectivity index (χ4v) is 2.47. The number of ether oxygens (including phenoxy) is 1. The van der Waals surface area contributed by atoms with E-state index in [-0.39, 0.29) is 6.04 Å². The van der Waals surface area contributed by atoms with E-state index in [4.69, 9.17) is 0 Å². The van der Waals surface area contributed by atoms with Crippen LogP contribution >= 0.6 is 0 Å². The zero-order valence-corrected chi connectivity index (χ0v) is 11.9. The number of amides is 1. The maximum atomic E-state index is 11.3. The zero-order chi connectivity index (χ0) is 14.8. The smallest absolute Gasteiger partial charge is 0.407 e. The molecule has 2 aromatic heterocycles. The number of rotatable bonds is 3. The Bertz CT molecular complexity index is 656. The van der Waals surface area contributed by atoms with Crippen LogP contribution < -0.4 is 15.5 Å². The van der Waals surface area contributed by atoms with Crippen LogP contribution in [0.1, 0.15) is 6.42 Å². The Labute approximate surface area is 121 Å². The first kappa shape index (κ1) is 13.4. The number of hydrogen-bond acceptors (Lipinski definition) is 7. The lowest BCUT2D eigenvalue weighted by Crippen LogP contribution is -2.37. The van der Waals surface area contributed by atoms with Gasteiger partial charge in [0.15, 0.2) is 5.65 Å². The van der Waals surface area contributed by atoms with Crippen molar-refractivity contribution in [3.8, 4) is 0 Å². The first-order valence-corrected chi connectivity index (χ1v) is 6.69. The number of carbonyl (C=O) groups excluding carboxylic acids is 1. The molecule has 9 heteroatoms. The van der Waals surface area contributed by atoms with Gasteiger partial charge in [0, 0.05) is 20.1 Å². The van der Waals surface area contributed by atoms with Crippen molar-refractivity contribution in [1.82, 2.24) is 25.5 Å². The predicted molar refractivity (Wildman–Crippen MR) is 77.4 cm³/mol. The second-order valence-electron chi connectivity index (χ2n) is 4.82. The molecule has 0 aromatic carbocycles. The molecule has 0 spiro atoms. The molecule has 0 aliphatic carbocycles. The molecule has 1 atom stereocenters. The molecule has 1 aliphatic rings. The van der Waals surface area contributed by atoms with E-state index in [1.165, 1.54) is 7.11 Å². The summed E-state index contributed by atoms with van der Waals surface area (Å²) < 4.78 is 4.63. The predicted octanol–water partition coefficient (Wildman–Crippen LogP) is 0.329. The summed E-state index contributed by atoms with van der Waals surface area (Å²) in [6, 6.07) is 0.0485. The van der Waals surface area contributed by atoms with E-state index >= 15 is 0 Å². The topological polar surface area (TPSA) is 108 Å². The number of aromatic nitrogens is 4. The molecule has 2 aromatic rings. The summed E-state index contributed by atoms with van der Waals surface area (Å²) in [4.78, 5) is 22.2. The zero-order valence-electron chi connectivity index (χ0n) is 11.9. The fraction of sp³-hybridized carbons (Fsp3) is 0.500. The van der Waals surface area contributed by atoms with Crippen LogP contribution in [-0.4, -0.2) is 59.5 Å². The lowest BCUT2D eigenvalue weighted by Gasteiger charge is -2.19. The van der Waals surface area contributed by atoms with E-state index in [9.17, 15) is 4.79 Å². The number of aromatic amines is 1. The summed E-state index contributed by atoms with van der Waals surface area (Å²) in [7, 11) is 3.13. The fourth-order valence-electron chi connectivity index (χ4n) is 2.47. The van der Waals surface area contributed by atoms with Crippen LogP contribution in [0, 0.1) is 0 Å². The monoisotopic (exact) mass is 291 g/mol. The third-order valence-electron chi connectivity index (χ3n) is 3.51. The minimum absolute atomic E-state index is 0.0485. The molecule has 1 aliphatic heterocycles. The molecule has 0 bridgehead atoms. The van der Waals surface area contributed by atoms with Crippen molar-refractivity contribution in [2.24, 2.45) is 0 Å². The number of alkyl carbamates (subject to hydrolysis) is 1. The molecule has 112 valence electrons. The molecule has 21 heavy (non-hydrogen) atoms. The Hall–Kier alpha value is -2.58. The van der Waals surface area contributed by atoms with Crippen molar-refractivity contribution >= 4 is 28.9 Å². The number of hydrogen-bond donors (Lipinski definition) is 3. The van der Waals surface area contributed by atoms with Gasteiger partial charge in [-0.15, -0.1) is 0 Å². The summed E-state index contributed by atoms with van der Waals surface area (Å²) in [5.41, 5.74) is 0.689. The first-order chi connectivity index (χ1) is 10.2. The lowest BCUT2D eigenvalue weighted by atomic mass is 10.3. The average molecular weight is 291 g/mol.